The van der Waals surface area contributed by atoms with Crippen LogP contribution in [0.25, 0.3) is 0 Å². The van der Waals surface area contributed by atoms with Crippen LogP contribution >= 0.6 is 0 Å². The molecule has 172 valence electrons. The van der Waals surface area contributed by atoms with E-state index in [1.165, 1.54) is 11.1 Å². The van der Waals surface area contributed by atoms with Gasteiger partial charge in [0.05, 0.1) is 14.2 Å². The molecule has 3 rings (SSSR count). The van der Waals surface area contributed by atoms with Gasteiger partial charge in [-0.15, -0.1) is 0 Å². The van der Waals surface area contributed by atoms with Crippen LogP contribution in [-0.4, -0.2) is 50.6 Å². The van der Waals surface area contributed by atoms with Crippen molar-refractivity contribution in [3.05, 3.63) is 58.7 Å². The molecule has 1 atom stereocenters. The second-order valence-electron chi connectivity index (χ2n) is 8.03. The average Bonchev–Trinajstić information content (AvgIpc) is 2.83. The molecule has 1 aliphatic heterocycles. The first kappa shape index (κ1) is 23.4. The highest BCUT2D eigenvalue weighted by Gasteiger charge is 2.21. The summed E-state index contributed by atoms with van der Waals surface area (Å²) in [5.74, 6) is 2.33. The monoisotopic (exact) mass is 438 g/mol. The zero-order chi connectivity index (χ0) is 23.1. The Bertz CT molecular complexity index is 956. The van der Waals surface area contributed by atoms with Gasteiger partial charge in [0.15, 0.2) is 17.5 Å². The lowest BCUT2D eigenvalue weighted by molar-refractivity contribution is 0.0939. The Morgan fingerprint density at radius 2 is 1.78 bits per heavy atom. The summed E-state index contributed by atoms with van der Waals surface area (Å²) in [7, 11) is 5.12. The van der Waals surface area contributed by atoms with Crippen molar-refractivity contribution in [3.63, 3.8) is 0 Å². The Morgan fingerprint density at radius 1 is 1.12 bits per heavy atom. The number of methoxy groups -OCH3 is 2. The summed E-state index contributed by atoms with van der Waals surface area (Å²) < 4.78 is 10.9. The van der Waals surface area contributed by atoms with Crippen molar-refractivity contribution in [3.8, 4) is 11.5 Å². The molecule has 32 heavy (non-hydrogen) atoms. The van der Waals surface area contributed by atoms with E-state index in [0.29, 0.717) is 12.1 Å². The second kappa shape index (κ2) is 10.9. The van der Waals surface area contributed by atoms with Crippen LogP contribution in [0.5, 0.6) is 11.5 Å². The highest BCUT2D eigenvalue weighted by atomic mass is 16.5. The fraction of sp³-hybridized carbons (Fsp3) is 0.440. The molecule has 0 saturated carbocycles. The number of aliphatic imine (C=N–C) groups is 1. The zero-order valence-corrected chi connectivity index (χ0v) is 19.7. The molecule has 2 N–H and O–H groups in total. The van der Waals surface area contributed by atoms with E-state index in [4.69, 9.17) is 9.47 Å². The number of nitrogens with zero attached hydrogens (tertiary/aromatic N) is 2. The minimum absolute atomic E-state index is 0.0336. The normalized spacial score (nSPS) is 14.4. The van der Waals surface area contributed by atoms with Crippen molar-refractivity contribution in [2.75, 3.05) is 27.8 Å². The third-order valence-corrected chi connectivity index (χ3v) is 5.89. The van der Waals surface area contributed by atoms with Gasteiger partial charge in [-0.1, -0.05) is 19.1 Å². The lowest BCUT2D eigenvalue weighted by Gasteiger charge is -2.32. The molecule has 1 heterocycles. The largest absolute Gasteiger partial charge is 0.493 e. The SMILES string of the molecule is CCC(C)NC(=O)c1ccc(CNC(=NC)N2CCc3cc(OC)c(OC)cc3C2)cc1. The van der Waals surface area contributed by atoms with Gasteiger partial charge in [0.1, 0.15) is 0 Å². The van der Waals surface area contributed by atoms with Gasteiger partial charge in [0, 0.05) is 38.3 Å². The van der Waals surface area contributed by atoms with Gasteiger partial charge in [0.25, 0.3) is 5.91 Å². The van der Waals surface area contributed by atoms with Gasteiger partial charge in [-0.25, -0.2) is 0 Å². The molecular weight excluding hydrogens is 404 g/mol. The molecule has 7 heteroatoms. The van der Waals surface area contributed by atoms with Crippen LogP contribution in [0.2, 0.25) is 0 Å². The van der Waals surface area contributed by atoms with Gasteiger partial charge in [-0.05, 0) is 60.7 Å². The predicted molar refractivity (Wildman–Crippen MR) is 128 cm³/mol. The molecule has 1 aliphatic rings. The van der Waals surface area contributed by atoms with Crippen LogP contribution in [0.4, 0.5) is 0 Å². The molecule has 1 amide bonds. The van der Waals surface area contributed by atoms with E-state index in [-0.39, 0.29) is 11.9 Å². The standard InChI is InChI=1S/C25H34N4O3/c1-6-17(2)28-24(30)19-9-7-18(8-10-19)15-27-25(26-3)29-12-11-20-13-22(31-4)23(32-5)14-21(20)16-29/h7-10,13-14,17H,6,11-12,15-16H2,1-5H3,(H,26,27)(H,28,30). The van der Waals surface area contributed by atoms with E-state index in [2.05, 4.69) is 39.6 Å². The summed E-state index contributed by atoms with van der Waals surface area (Å²) in [5, 5.41) is 6.44. The summed E-state index contributed by atoms with van der Waals surface area (Å²) in [6, 6.07) is 12.0. The maximum Gasteiger partial charge on any atom is 0.251 e. The molecule has 0 saturated heterocycles. The molecule has 0 aliphatic carbocycles. The first-order valence-corrected chi connectivity index (χ1v) is 11.1. The summed E-state index contributed by atoms with van der Waals surface area (Å²) in [4.78, 5) is 19.0. The number of hydrogen-bond donors (Lipinski definition) is 2. The van der Waals surface area contributed by atoms with E-state index in [0.717, 1.165) is 49.0 Å². The van der Waals surface area contributed by atoms with Crippen LogP contribution in [0, 0.1) is 0 Å². The van der Waals surface area contributed by atoms with Crippen molar-refractivity contribution in [2.24, 2.45) is 4.99 Å². The van der Waals surface area contributed by atoms with E-state index in [9.17, 15) is 4.79 Å². The summed E-state index contributed by atoms with van der Waals surface area (Å²) in [6.07, 6.45) is 1.82. The number of carbonyl (C=O) groups is 1. The van der Waals surface area contributed by atoms with E-state index in [1.54, 1.807) is 21.3 Å². The maximum atomic E-state index is 12.3. The van der Waals surface area contributed by atoms with Crippen LogP contribution in [0.15, 0.2) is 41.4 Å². The van der Waals surface area contributed by atoms with Crippen molar-refractivity contribution >= 4 is 11.9 Å². The topological polar surface area (TPSA) is 75.2 Å². The number of rotatable bonds is 7. The van der Waals surface area contributed by atoms with Gasteiger partial charge in [0.2, 0.25) is 0 Å². The second-order valence-corrected chi connectivity index (χ2v) is 8.03. The van der Waals surface area contributed by atoms with Crippen molar-refractivity contribution in [2.45, 2.75) is 45.8 Å². The van der Waals surface area contributed by atoms with Gasteiger partial charge in [-0.2, -0.15) is 0 Å². The molecule has 2 aromatic carbocycles. The Hall–Kier alpha value is -3.22. The third-order valence-electron chi connectivity index (χ3n) is 5.89. The minimum Gasteiger partial charge on any atom is -0.493 e. The van der Waals surface area contributed by atoms with Crippen molar-refractivity contribution in [1.82, 2.24) is 15.5 Å². The molecule has 7 nitrogen and oxygen atoms in total. The number of hydrogen-bond acceptors (Lipinski definition) is 4. The molecular formula is C25H34N4O3. The number of guanidine groups is 1. The predicted octanol–water partition coefficient (Wildman–Crippen LogP) is 3.37. The average molecular weight is 439 g/mol. The number of ether oxygens (including phenoxy) is 2. The van der Waals surface area contributed by atoms with Crippen LogP contribution in [-0.2, 0) is 19.5 Å². The molecule has 0 spiro atoms. The summed E-state index contributed by atoms with van der Waals surface area (Å²) in [6.45, 7) is 6.32. The van der Waals surface area contributed by atoms with Crippen LogP contribution in [0.3, 0.4) is 0 Å². The Balaban J connectivity index is 1.61. The molecule has 0 aromatic heterocycles. The van der Waals surface area contributed by atoms with Crippen molar-refractivity contribution < 1.29 is 14.3 Å². The molecule has 0 bridgehead atoms. The number of fused-ring (bicyclic) bond motifs is 1. The highest BCUT2D eigenvalue weighted by Crippen LogP contribution is 2.33. The number of benzene rings is 2. The Kier molecular flexibility index (Phi) is 7.98. The quantitative estimate of drug-likeness (QED) is 0.512. The minimum atomic E-state index is -0.0336. The van der Waals surface area contributed by atoms with Gasteiger partial charge >= 0.3 is 0 Å². The Morgan fingerprint density at radius 3 is 2.38 bits per heavy atom. The van der Waals surface area contributed by atoms with Gasteiger partial charge < -0.3 is 25.0 Å². The van der Waals surface area contributed by atoms with Crippen molar-refractivity contribution in [1.29, 1.82) is 0 Å². The van der Waals surface area contributed by atoms with Crippen LogP contribution in [0.1, 0.15) is 47.3 Å². The molecule has 0 radical (unpaired) electrons. The first-order valence-electron chi connectivity index (χ1n) is 11.1. The lowest BCUT2D eigenvalue weighted by atomic mass is 9.99. The molecule has 0 fully saturated rings. The smallest absolute Gasteiger partial charge is 0.251 e. The first-order chi connectivity index (χ1) is 15.5. The number of amides is 1. The fourth-order valence-corrected chi connectivity index (χ4v) is 3.76. The number of carbonyl (C=O) groups excluding carboxylic acids is 1. The lowest BCUT2D eigenvalue weighted by Crippen LogP contribution is -2.43. The highest BCUT2D eigenvalue weighted by molar-refractivity contribution is 5.94. The van der Waals surface area contributed by atoms with E-state index >= 15 is 0 Å². The number of nitrogens with one attached hydrogen (secondary N) is 2. The Labute approximate surface area is 190 Å². The molecule has 2 aromatic rings. The zero-order valence-electron chi connectivity index (χ0n) is 19.7. The maximum absolute atomic E-state index is 12.3. The van der Waals surface area contributed by atoms with E-state index in [1.807, 2.05) is 31.2 Å². The van der Waals surface area contributed by atoms with E-state index < -0.39 is 0 Å². The third kappa shape index (κ3) is 5.52. The summed E-state index contributed by atoms with van der Waals surface area (Å²) in [5.41, 5.74) is 4.26. The van der Waals surface area contributed by atoms with Gasteiger partial charge in [-0.3, -0.25) is 9.79 Å². The molecule has 1 unspecified atom stereocenters. The van der Waals surface area contributed by atoms with Crippen LogP contribution < -0.4 is 20.1 Å². The summed E-state index contributed by atoms with van der Waals surface area (Å²) >= 11 is 0. The fourth-order valence-electron chi connectivity index (χ4n) is 3.76.